The molecule has 2 heterocycles. The molecule has 4 heteroatoms. The Hall–Kier alpha value is -1.29. The Bertz CT molecular complexity index is 381. The van der Waals surface area contributed by atoms with Crippen LogP contribution in [0.5, 0.6) is 0 Å². The lowest BCUT2D eigenvalue weighted by Crippen LogP contribution is -2.28. The second-order valence-corrected chi connectivity index (χ2v) is 4.80. The maximum absolute atomic E-state index is 11.8. The van der Waals surface area contributed by atoms with E-state index >= 15 is 0 Å². The number of rotatable bonds is 4. The topological polar surface area (TPSA) is 54.3 Å². The van der Waals surface area contributed by atoms with Crippen molar-refractivity contribution in [2.45, 2.75) is 32.7 Å². The number of carbonyl (C=O) groups is 1. The summed E-state index contributed by atoms with van der Waals surface area (Å²) in [6.07, 6.45) is 1.71. The molecular weight excluding hydrogens is 216 g/mol. The van der Waals surface area contributed by atoms with E-state index in [1.807, 2.05) is 26.0 Å². The first-order chi connectivity index (χ1) is 8.15. The van der Waals surface area contributed by atoms with Gasteiger partial charge >= 0.3 is 0 Å². The first kappa shape index (κ1) is 12.2. The molecule has 17 heavy (non-hydrogen) atoms. The lowest BCUT2D eigenvalue weighted by molar-refractivity contribution is -0.122. The molecule has 94 valence electrons. The van der Waals surface area contributed by atoms with Crippen molar-refractivity contribution < 1.29 is 9.21 Å². The van der Waals surface area contributed by atoms with Gasteiger partial charge in [0.25, 0.3) is 0 Å². The zero-order valence-corrected chi connectivity index (χ0v) is 10.5. The highest BCUT2D eigenvalue weighted by atomic mass is 16.3. The van der Waals surface area contributed by atoms with Gasteiger partial charge in [-0.2, -0.15) is 0 Å². The van der Waals surface area contributed by atoms with Gasteiger partial charge in [0.15, 0.2) is 0 Å². The molecule has 1 saturated heterocycles. The van der Waals surface area contributed by atoms with Crippen LogP contribution in [0.1, 0.15) is 37.3 Å². The van der Waals surface area contributed by atoms with Crippen molar-refractivity contribution in [1.29, 1.82) is 0 Å². The molecular formula is C13H20N2O2. The van der Waals surface area contributed by atoms with E-state index in [1.165, 1.54) is 0 Å². The van der Waals surface area contributed by atoms with E-state index < -0.39 is 0 Å². The molecule has 1 aromatic heterocycles. The molecule has 4 nitrogen and oxygen atoms in total. The zero-order valence-electron chi connectivity index (χ0n) is 10.5. The zero-order chi connectivity index (χ0) is 12.3. The van der Waals surface area contributed by atoms with Gasteiger partial charge in [0, 0.05) is 6.42 Å². The highest BCUT2D eigenvalue weighted by Crippen LogP contribution is 2.17. The van der Waals surface area contributed by atoms with Crippen LogP contribution in [-0.2, 0) is 4.79 Å². The van der Waals surface area contributed by atoms with E-state index in [0.717, 1.165) is 31.0 Å². The minimum atomic E-state index is -0.0504. The average Bonchev–Trinajstić information content (AvgIpc) is 2.89. The number of nitrogens with one attached hydrogen (secondary N) is 2. The van der Waals surface area contributed by atoms with Gasteiger partial charge in [-0.1, -0.05) is 0 Å². The molecule has 1 amide bonds. The van der Waals surface area contributed by atoms with Crippen molar-refractivity contribution in [1.82, 2.24) is 10.6 Å². The van der Waals surface area contributed by atoms with Gasteiger partial charge in [-0.3, -0.25) is 4.79 Å². The Morgan fingerprint density at radius 2 is 2.47 bits per heavy atom. The summed E-state index contributed by atoms with van der Waals surface area (Å²) in [6.45, 7) is 5.85. The molecule has 0 aromatic carbocycles. The van der Waals surface area contributed by atoms with E-state index in [0.29, 0.717) is 12.3 Å². The maximum atomic E-state index is 11.8. The molecule has 1 aliphatic rings. The predicted octanol–water partition coefficient (Wildman–Crippen LogP) is 1.76. The van der Waals surface area contributed by atoms with Gasteiger partial charge in [-0.15, -0.1) is 0 Å². The van der Waals surface area contributed by atoms with Crippen LogP contribution in [0.2, 0.25) is 0 Å². The third-order valence-corrected chi connectivity index (χ3v) is 3.20. The van der Waals surface area contributed by atoms with Crippen LogP contribution in [-0.4, -0.2) is 19.0 Å². The summed E-state index contributed by atoms with van der Waals surface area (Å²) in [5.41, 5.74) is 0. The van der Waals surface area contributed by atoms with Crippen LogP contribution in [0.3, 0.4) is 0 Å². The molecule has 0 spiro atoms. The molecule has 0 saturated carbocycles. The van der Waals surface area contributed by atoms with E-state index in [2.05, 4.69) is 10.6 Å². The summed E-state index contributed by atoms with van der Waals surface area (Å²) in [5, 5.41) is 6.24. The standard InChI is InChI=1S/C13H20N2O2/c1-9-3-4-12(17-9)10(2)15-13(16)7-11-5-6-14-8-11/h3-4,10-11,14H,5-8H2,1-2H3,(H,15,16). The summed E-state index contributed by atoms with van der Waals surface area (Å²) in [6, 6.07) is 3.78. The van der Waals surface area contributed by atoms with Gasteiger partial charge in [0.2, 0.25) is 5.91 Å². The van der Waals surface area contributed by atoms with E-state index in [-0.39, 0.29) is 11.9 Å². The number of carbonyl (C=O) groups excluding carboxylic acids is 1. The fourth-order valence-electron chi connectivity index (χ4n) is 2.21. The molecule has 1 aliphatic heterocycles. The Morgan fingerprint density at radius 3 is 3.06 bits per heavy atom. The van der Waals surface area contributed by atoms with Crippen LogP contribution in [0, 0.1) is 12.8 Å². The lowest BCUT2D eigenvalue weighted by Gasteiger charge is -2.13. The quantitative estimate of drug-likeness (QED) is 0.837. The fraction of sp³-hybridized carbons (Fsp3) is 0.615. The van der Waals surface area contributed by atoms with Gasteiger partial charge in [-0.25, -0.2) is 0 Å². The number of hydrogen-bond acceptors (Lipinski definition) is 3. The molecule has 0 radical (unpaired) electrons. The number of furan rings is 1. The first-order valence-electron chi connectivity index (χ1n) is 6.21. The number of amides is 1. The van der Waals surface area contributed by atoms with Crippen molar-refractivity contribution >= 4 is 5.91 Å². The molecule has 2 unspecified atom stereocenters. The Balaban J connectivity index is 1.81. The fourth-order valence-corrected chi connectivity index (χ4v) is 2.21. The average molecular weight is 236 g/mol. The molecule has 0 aliphatic carbocycles. The second-order valence-electron chi connectivity index (χ2n) is 4.80. The molecule has 2 rings (SSSR count). The van der Waals surface area contributed by atoms with Crippen molar-refractivity contribution in [3.63, 3.8) is 0 Å². The van der Waals surface area contributed by atoms with Crippen molar-refractivity contribution in [3.05, 3.63) is 23.7 Å². The summed E-state index contributed by atoms with van der Waals surface area (Å²) in [5.74, 6) is 2.29. The second kappa shape index (κ2) is 5.36. The molecule has 1 fully saturated rings. The predicted molar refractivity (Wildman–Crippen MR) is 65.6 cm³/mol. The van der Waals surface area contributed by atoms with Crippen LogP contribution in [0.15, 0.2) is 16.5 Å². The third kappa shape index (κ3) is 3.33. The lowest BCUT2D eigenvalue weighted by atomic mass is 10.0. The summed E-state index contributed by atoms with van der Waals surface area (Å²) in [7, 11) is 0. The number of hydrogen-bond donors (Lipinski definition) is 2. The largest absolute Gasteiger partial charge is 0.464 e. The van der Waals surface area contributed by atoms with E-state index in [9.17, 15) is 4.79 Å². The first-order valence-corrected chi connectivity index (χ1v) is 6.21. The van der Waals surface area contributed by atoms with Gasteiger partial charge in [0.1, 0.15) is 11.5 Å². The highest BCUT2D eigenvalue weighted by molar-refractivity contribution is 5.76. The van der Waals surface area contributed by atoms with E-state index in [1.54, 1.807) is 0 Å². The summed E-state index contributed by atoms with van der Waals surface area (Å²) < 4.78 is 5.49. The van der Waals surface area contributed by atoms with Gasteiger partial charge < -0.3 is 15.1 Å². The van der Waals surface area contributed by atoms with Crippen molar-refractivity contribution in [3.8, 4) is 0 Å². The van der Waals surface area contributed by atoms with Crippen LogP contribution in [0.4, 0.5) is 0 Å². The normalized spacial score (nSPS) is 21.4. The summed E-state index contributed by atoms with van der Waals surface area (Å²) >= 11 is 0. The van der Waals surface area contributed by atoms with Crippen molar-refractivity contribution in [2.75, 3.05) is 13.1 Å². The molecule has 1 aromatic rings. The summed E-state index contributed by atoms with van der Waals surface area (Å²) in [4.78, 5) is 11.8. The maximum Gasteiger partial charge on any atom is 0.220 e. The molecule has 2 N–H and O–H groups in total. The minimum absolute atomic E-state index is 0.0504. The Labute approximate surface area is 102 Å². The SMILES string of the molecule is Cc1ccc(C(C)NC(=O)CC2CCNC2)o1. The molecule has 0 bridgehead atoms. The van der Waals surface area contributed by atoms with Crippen LogP contribution in [0.25, 0.3) is 0 Å². The van der Waals surface area contributed by atoms with Crippen LogP contribution < -0.4 is 10.6 Å². The van der Waals surface area contributed by atoms with Crippen molar-refractivity contribution in [2.24, 2.45) is 5.92 Å². The Kier molecular flexibility index (Phi) is 3.84. The smallest absolute Gasteiger partial charge is 0.220 e. The van der Waals surface area contributed by atoms with Gasteiger partial charge in [-0.05, 0) is 51.4 Å². The van der Waals surface area contributed by atoms with Crippen LogP contribution >= 0.6 is 0 Å². The molecule has 2 atom stereocenters. The van der Waals surface area contributed by atoms with Gasteiger partial charge in [0.05, 0.1) is 6.04 Å². The Morgan fingerprint density at radius 1 is 1.65 bits per heavy atom. The number of aryl methyl sites for hydroxylation is 1. The highest BCUT2D eigenvalue weighted by Gasteiger charge is 2.19. The van der Waals surface area contributed by atoms with E-state index in [4.69, 9.17) is 4.42 Å². The monoisotopic (exact) mass is 236 g/mol. The third-order valence-electron chi connectivity index (χ3n) is 3.20. The minimum Gasteiger partial charge on any atom is -0.464 e.